The zero-order chi connectivity index (χ0) is 20.0. The molecule has 0 heterocycles. The molecule has 0 atom stereocenters. The van der Waals surface area contributed by atoms with Crippen LogP contribution in [0.15, 0.2) is 42.5 Å². The predicted octanol–water partition coefficient (Wildman–Crippen LogP) is 4.79. The van der Waals surface area contributed by atoms with E-state index in [9.17, 15) is 14.0 Å². The van der Waals surface area contributed by atoms with Gasteiger partial charge in [0.05, 0.1) is 5.69 Å². The van der Waals surface area contributed by atoms with E-state index in [-0.39, 0.29) is 12.3 Å². The van der Waals surface area contributed by atoms with Gasteiger partial charge in [0.2, 0.25) is 0 Å². The first-order valence-corrected chi connectivity index (χ1v) is 9.18. The Balaban J connectivity index is 1.95. The molecule has 0 saturated carbocycles. The predicted molar refractivity (Wildman–Crippen MR) is 110 cm³/mol. The van der Waals surface area contributed by atoms with E-state index in [0.717, 1.165) is 9.64 Å². The van der Waals surface area contributed by atoms with Crippen molar-refractivity contribution in [1.82, 2.24) is 0 Å². The van der Waals surface area contributed by atoms with Crippen molar-refractivity contribution in [1.29, 1.82) is 0 Å². The van der Waals surface area contributed by atoms with Gasteiger partial charge in [-0.3, -0.25) is 10.1 Å². The summed E-state index contributed by atoms with van der Waals surface area (Å²) in [4.78, 5) is 23.8. The van der Waals surface area contributed by atoms with Gasteiger partial charge in [0.15, 0.2) is 6.61 Å². The number of ether oxygens (including phenoxy) is 2. The van der Waals surface area contributed by atoms with Crippen LogP contribution in [0.1, 0.15) is 20.8 Å². The standard InChI is InChI=1S/C19H20FIN2O4/c1-19(2,3)27-18(25)22-13-6-9-15(20)16(10-13)23-17(24)11-26-14-7-4-12(21)5-8-14/h4-10H,11H2,1-3H3,(H,22,25)(H,23,24). The number of nitrogens with one attached hydrogen (secondary N) is 2. The Labute approximate surface area is 170 Å². The molecule has 0 aliphatic carbocycles. The van der Waals surface area contributed by atoms with E-state index >= 15 is 0 Å². The highest BCUT2D eigenvalue weighted by Crippen LogP contribution is 2.21. The van der Waals surface area contributed by atoms with Crippen LogP contribution in [0.3, 0.4) is 0 Å². The molecule has 0 aromatic heterocycles. The Kier molecular flexibility index (Phi) is 7.00. The number of hydrogen-bond acceptors (Lipinski definition) is 4. The van der Waals surface area contributed by atoms with E-state index in [1.165, 1.54) is 12.1 Å². The van der Waals surface area contributed by atoms with Crippen LogP contribution < -0.4 is 15.4 Å². The average molecular weight is 486 g/mol. The minimum atomic E-state index is -0.673. The summed E-state index contributed by atoms with van der Waals surface area (Å²) in [6.07, 6.45) is -0.673. The van der Waals surface area contributed by atoms with Crippen LogP contribution in [-0.4, -0.2) is 24.2 Å². The molecular weight excluding hydrogens is 466 g/mol. The lowest BCUT2D eigenvalue weighted by Gasteiger charge is -2.19. The van der Waals surface area contributed by atoms with Gasteiger partial charge in [-0.05, 0) is 85.8 Å². The van der Waals surface area contributed by atoms with E-state index in [1.807, 2.05) is 12.1 Å². The van der Waals surface area contributed by atoms with Gasteiger partial charge in [0.1, 0.15) is 17.2 Å². The lowest BCUT2D eigenvalue weighted by atomic mass is 10.2. The summed E-state index contributed by atoms with van der Waals surface area (Å²) in [5, 5.41) is 4.91. The zero-order valence-corrected chi connectivity index (χ0v) is 17.3. The first-order chi connectivity index (χ1) is 12.6. The number of amides is 2. The molecule has 2 aromatic rings. The molecule has 0 bridgehead atoms. The van der Waals surface area contributed by atoms with Gasteiger partial charge < -0.3 is 14.8 Å². The molecule has 2 aromatic carbocycles. The van der Waals surface area contributed by atoms with Gasteiger partial charge in [-0.25, -0.2) is 9.18 Å². The minimum absolute atomic E-state index is 0.0697. The van der Waals surface area contributed by atoms with Crippen molar-refractivity contribution in [2.75, 3.05) is 17.2 Å². The van der Waals surface area contributed by atoms with Gasteiger partial charge in [0, 0.05) is 9.26 Å². The van der Waals surface area contributed by atoms with Crippen molar-refractivity contribution in [3.05, 3.63) is 51.9 Å². The fourth-order valence-corrected chi connectivity index (χ4v) is 2.35. The van der Waals surface area contributed by atoms with Crippen molar-refractivity contribution in [3.8, 4) is 5.75 Å². The van der Waals surface area contributed by atoms with E-state index in [2.05, 4.69) is 33.2 Å². The summed E-state index contributed by atoms with van der Waals surface area (Å²) < 4.78 is 25.5. The van der Waals surface area contributed by atoms with Crippen LogP contribution in [0.5, 0.6) is 5.75 Å². The molecule has 6 nitrogen and oxygen atoms in total. The molecule has 0 saturated heterocycles. The summed E-state index contributed by atoms with van der Waals surface area (Å²) >= 11 is 2.16. The van der Waals surface area contributed by atoms with Crippen molar-refractivity contribution in [2.24, 2.45) is 0 Å². The van der Waals surface area contributed by atoms with Gasteiger partial charge in [-0.15, -0.1) is 0 Å². The van der Waals surface area contributed by atoms with E-state index in [4.69, 9.17) is 9.47 Å². The maximum atomic E-state index is 13.9. The van der Waals surface area contributed by atoms with Gasteiger partial charge >= 0.3 is 6.09 Å². The Morgan fingerprint density at radius 1 is 1.07 bits per heavy atom. The van der Waals surface area contributed by atoms with Gasteiger partial charge in [-0.1, -0.05) is 0 Å². The lowest BCUT2D eigenvalue weighted by Crippen LogP contribution is -2.27. The van der Waals surface area contributed by atoms with E-state index in [0.29, 0.717) is 11.4 Å². The number of hydrogen-bond donors (Lipinski definition) is 2. The molecule has 0 unspecified atom stereocenters. The second-order valence-corrected chi connectivity index (χ2v) is 7.86. The Hall–Kier alpha value is -2.36. The highest BCUT2D eigenvalue weighted by Gasteiger charge is 2.17. The van der Waals surface area contributed by atoms with Gasteiger partial charge in [0.25, 0.3) is 5.91 Å². The molecule has 144 valence electrons. The normalized spacial score (nSPS) is 10.9. The summed E-state index contributed by atoms with van der Waals surface area (Å²) in [6.45, 7) is 4.92. The zero-order valence-electron chi connectivity index (χ0n) is 15.1. The quantitative estimate of drug-likeness (QED) is 0.596. The first-order valence-electron chi connectivity index (χ1n) is 8.10. The smallest absolute Gasteiger partial charge is 0.412 e. The molecule has 0 aliphatic rings. The third-order valence-electron chi connectivity index (χ3n) is 3.07. The summed E-state index contributed by atoms with van der Waals surface area (Å²) in [6, 6.07) is 11.0. The Morgan fingerprint density at radius 2 is 1.74 bits per heavy atom. The SMILES string of the molecule is CC(C)(C)OC(=O)Nc1ccc(F)c(NC(=O)COc2ccc(I)cc2)c1. The lowest BCUT2D eigenvalue weighted by molar-refractivity contribution is -0.118. The van der Waals surface area contributed by atoms with Crippen LogP contribution in [0.2, 0.25) is 0 Å². The number of carbonyl (C=O) groups excluding carboxylic acids is 2. The van der Waals surface area contributed by atoms with Crippen molar-refractivity contribution in [2.45, 2.75) is 26.4 Å². The third-order valence-corrected chi connectivity index (χ3v) is 3.79. The van der Waals surface area contributed by atoms with Crippen molar-refractivity contribution < 1.29 is 23.5 Å². The third kappa shape index (κ3) is 7.41. The van der Waals surface area contributed by atoms with Crippen LogP contribution in [-0.2, 0) is 9.53 Å². The second-order valence-electron chi connectivity index (χ2n) is 6.61. The molecule has 27 heavy (non-hydrogen) atoms. The maximum Gasteiger partial charge on any atom is 0.412 e. The molecule has 8 heteroatoms. The number of benzene rings is 2. The molecule has 2 amide bonds. The molecular formula is C19H20FIN2O4. The number of anilines is 2. The fraction of sp³-hybridized carbons (Fsp3) is 0.263. The maximum absolute atomic E-state index is 13.9. The number of rotatable bonds is 5. The number of carbonyl (C=O) groups is 2. The fourth-order valence-electron chi connectivity index (χ4n) is 1.99. The van der Waals surface area contributed by atoms with Crippen molar-refractivity contribution >= 4 is 46.0 Å². The topological polar surface area (TPSA) is 76.7 Å². The molecule has 0 spiro atoms. The minimum Gasteiger partial charge on any atom is -0.484 e. The molecule has 0 fully saturated rings. The number of halogens is 2. The molecule has 2 N–H and O–H groups in total. The Bertz CT molecular complexity index is 819. The first kappa shape index (κ1) is 20.9. The van der Waals surface area contributed by atoms with Crippen LogP contribution in [0.4, 0.5) is 20.6 Å². The summed E-state index contributed by atoms with van der Waals surface area (Å²) in [5.41, 5.74) is -0.437. The van der Waals surface area contributed by atoms with Crippen LogP contribution in [0, 0.1) is 9.39 Å². The van der Waals surface area contributed by atoms with Gasteiger partial charge in [-0.2, -0.15) is 0 Å². The second kappa shape index (κ2) is 9.03. The van der Waals surface area contributed by atoms with Crippen LogP contribution in [0.25, 0.3) is 0 Å². The largest absolute Gasteiger partial charge is 0.484 e. The Morgan fingerprint density at radius 3 is 2.37 bits per heavy atom. The summed E-state index contributed by atoms with van der Waals surface area (Å²) in [5.74, 6) is -0.624. The molecule has 0 radical (unpaired) electrons. The molecule has 0 aliphatic heterocycles. The van der Waals surface area contributed by atoms with Crippen molar-refractivity contribution in [3.63, 3.8) is 0 Å². The van der Waals surface area contributed by atoms with E-state index < -0.39 is 23.4 Å². The summed E-state index contributed by atoms with van der Waals surface area (Å²) in [7, 11) is 0. The average Bonchev–Trinajstić information content (AvgIpc) is 2.55. The monoisotopic (exact) mass is 486 g/mol. The highest BCUT2D eigenvalue weighted by atomic mass is 127. The van der Waals surface area contributed by atoms with E-state index in [1.54, 1.807) is 32.9 Å². The van der Waals surface area contributed by atoms with Crippen LogP contribution >= 0.6 is 22.6 Å². The highest BCUT2D eigenvalue weighted by molar-refractivity contribution is 14.1. The molecule has 2 rings (SSSR count).